The summed E-state index contributed by atoms with van der Waals surface area (Å²) in [6, 6.07) is -0.0111. The lowest BCUT2D eigenvalue weighted by Gasteiger charge is -2.37. The van der Waals surface area contributed by atoms with Gasteiger partial charge in [0.25, 0.3) is 0 Å². The Labute approximate surface area is 138 Å². The second kappa shape index (κ2) is 9.37. The third-order valence-corrected chi connectivity index (χ3v) is 3.86. The van der Waals surface area contributed by atoms with Crippen LogP contribution in [0.1, 0.15) is 40.5 Å². The van der Waals surface area contributed by atoms with Crippen LogP contribution in [0.25, 0.3) is 0 Å². The summed E-state index contributed by atoms with van der Waals surface area (Å²) in [5.74, 6) is 0.124. The zero-order chi connectivity index (χ0) is 17.4. The van der Waals surface area contributed by atoms with Crippen LogP contribution in [0, 0.1) is 5.92 Å². The maximum Gasteiger partial charge on any atom is 0.409 e. The maximum absolute atomic E-state index is 12.0. The summed E-state index contributed by atoms with van der Waals surface area (Å²) in [4.78, 5) is 38.8. The van der Waals surface area contributed by atoms with Crippen LogP contribution in [0.4, 0.5) is 4.79 Å². The van der Waals surface area contributed by atoms with Crippen molar-refractivity contribution >= 4 is 17.9 Å². The topological polar surface area (TPSA) is 79.0 Å². The van der Waals surface area contributed by atoms with Crippen molar-refractivity contribution in [2.45, 2.75) is 46.6 Å². The molecule has 0 radical (unpaired) electrons. The van der Waals surface area contributed by atoms with Gasteiger partial charge < -0.3 is 19.9 Å². The van der Waals surface area contributed by atoms with Crippen molar-refractivity contribution in [3.63, 3.8) is 0 Å². The van der Waals surface area contributed by atoms with Crippen LogP contribution in [0.3, 0.4) is 0 Å². The van der Waals surface area contributed by atoms with Gasteiger partial charge in [0.15, 0.2) is 0 Å². The first-order chi connectivity index (χ1) is 10.8. The first kappa shape index (κ1) is 19.3. The van der Waals surface area contributed by atoms with E-state index in [0.717, 1.165) is 0 Å². The van der Waals surface area contributed by atoms with Gasteiger partial charge in [-0.05, 0) is 25.7 Å². The van der Waals surface area contributed by atoms with E-state index in [4.69, 9.17) is 4.74 Å². The number of likely N-dealkylation sites (tertiary alicyclic amines) is 1. The standard InChI is InChI=1S/C16H29N3O4/c1-5-23-16(22)18-8-6-14(7-9-18)19(13(4)20)11-15(21)17-10-12(2)3/h12,14H,5-11H2,1-4H3,(H,17,21). The van der Waals surface area contributed by atoms with Crippen molar-refractivity contribution in [1.82, 2.24) is 15.1 Å². The summed E-state index contributed by atoms with van der Waals surface area (Å²) >= 11 is 0. The molecule has 7 heteroatoms. The van der Waals surface area contributed by atoms with Gasteiger partial charge in [0.1, 0.15) is 0 Å². The van der Waals surface area contributed by atoms with E-state index in [9.17, 15) is 14.4 Å². The van der Waals surface area contributed by atoms with Gasteiger partial charge in [-0.1, -0.05) is 13.8 Å². The molecule has 1 N–H and O–H groups in total. The Morgan fingerprint density at radius 3 is 2.35 bits per heavy atom. The molecule has 0 unspecified atom stereocenters. The molecule has 0 bridgehead atoms. The van der Waals surface area contributed by atoms with E-state index in [-0.39, 0.29) is 30.5 Å². The van der Waals surface area contributed by atoms with Gasteiger partial charge in [0.2, 0.25) is 11.8 Å². The fraction of sp³-hybridized carbons (Fsp3) is 0.812. The molecule has 132 valence electrons. The molecule has 0 spiro atoms. The van der Waals surface area contributed by atoms with Crippen LogP contribution in [-0.4, -0.2) is 66.5 Å². The van der Waals surface area contributed by atoms with Crippen LogP contribution in [0.5, 0.6) is 0 Å². The number of rotatable bonds is 6. The number of nitrogens with one attached hydrogen (secondary N) is 1. The van der Waals surface area contributed by atoms with Gasteiger partial charge in [0, 0.05) is 32.6 Å². The van der Waals surface area contributed by atoms with Crippen molar-refractivity contribution in [3.8, 4) is 0 Å². The van der Waals surface area contributed by atoms with Crippen LogP contribution in [0.15, 0.2) is 0 Å². The van der Waals surface area contributed by atoms with Gasteiger partial charge in [0.05, 0.1) is 13.2 Å². The molecular formula is C16H29N3O4. The number of nitrogens with zero attached hydrogens (tertiary/aromatic N) is 2. The predicted octanol–water partition coefficient (Wildman–Crippen LogP) is 1.23. The molecule has 7 nitrogen and oxygen atoms in total. The van der Waals surface area contributed by atoms with Gasteiger partial charge in [-0.25, -0.2) is 4.79 Å². The molecule has 0 aromatic carbocycles. The van der Waals surface area contributed by atoms with Crippen LogP contribution in [-0.2, 0) is 14.3 Å². The largest absolute Gasteiger partial charge is 0.450 e. The Morgan fingerprint density at radius 1 is 1.26 bits per heavy atom. The summed E-state index contributed by atoms with van der Waals surface area (Å²) < 4.78 is 4.99. The molecule has 23 heavy (non-hydrogen) atoms. The van der Waals surface area contributed by atoms with Crippen molar-refractivity contribution in [2.75, 3.05) is 32.8 Å². The Morgan fingerprint density at radius 2 is 1.87 bits per heavy atom. The molecule has 1 fully saturated rings. The molecule has 1 aliphatic rings. The summed E-state index contributed by atoms with van der Waals surface area (Å²) in [6.45, 7) is 9.42. The molecule has 1 saturated heterocycles. The highest BCUT2D eigenvalue weighted by Crippen LogP contribution is 2.17. The minimum atomic E-state index is -0.310. The number of hydrogen-bond acceptors (Lipinski definition) is 4. The predicted molar refractivity (Wildman–Crippen MR) is 86.9 cm³/mol. The third-order valence-electron chi connectivity index (χ3n) is 3.86. The highest BCUT2D eigenvalue weighted by Gasteiger charge is 2.29. The number of ether oxygens (including phenoxy) is 1. The van der Waals surface area contributed by atoms with E-state index in [1.807, 2.05) is 13.8 Å². The SMILES string of the molecule is CCOC(=O)N1CCC(N(CC(=O)NCC(C)C)C(C)=O)CC1. The Kier molecular flexibility index (Phi) is 7.85. The Balaban J connectivity index is 2.51. The molecule has 0 saturated carbocycles. The van der Waals surface area contributed by atoms with Crippen LogP contribution < -0.4 is 5.32 Å². The number of carbonyl (C=O) groups excluding carboxylic acids is 3. The van der Waals surface area contributed by atoms with E-state index < -0.39 is 0 Å². The highest BCUT2D eigenvalue weighted by molar-refractivity contribution is 5.84. The van der Waals surface area contributed by atoms with E-state index in [1.165, 1.54) is 6.92 Å². The van der Waals surface area contributed by atoms with E-state index >= 15 is 0 Å². The summed E-state index contributed by atoms with van der Waals surface area (Å²) in [6.07, 6.45) is 1.01. The zero-order valence-corrected chi connectivity index (χ0v) is 14.6. The van der Waals surface area contributed by atoms with E-state index in [1.54, 1.807) is 16.7 Å². The monoisotopic (exact) mass is 327 g/mol. The number of carbonyl (C=O) groups is 3. The quantitative estimate of drug-likeness (QED) is 0.796. The number of hydrogen-bond donors (Lipinski definition) is 1. The fourth-order valence-corrected chi connectivity index (χ4v) is 2.60. The molecule has 1 heterocycles. The van der Waals surface area contributed by atoms with E-state index in [0.29, 0.717) is 45.0 Å². The van der Waals surface area contributed by atoms with Crippen LogP contribution in [0.2, 0.25) is 0 Å². The van der Waals surface area contributed by atoms with Crippen molar-refractivity contribution in [3.05, 3.63) is 0 Å². The van der Waals surface area contributed by atoms with Crippen molar-refractivity contribution < 1.29 is 19.1 Å². The average molecular weight is 327 g/mol. The normalized spacial score (nSPS) is 15.4. The molecule has 1 aliphatic heterocycles. The lowest BCUT2D eigenvalue weighted by molar-refractivity contribution is -0.137. The summed E-state index contributed by atoms with van der Waals surface area (Å²) in [5.41, 5.74) is 0. The molecule has 0 aromatic heterocycles. The second-order valence-corrected chi connectivity index (χ2v) is 6.26. The molecule has 1 rings (SSSR count). The van der Waals surface area contributed by atoms with Gasteiger partial charge in [-0.15, -0.1) is 0 Å². The maximum atomic E-state index is 12.0. The van der Waals surface area contributed by atoms with Crippen molar-refractivity contribution in [1.29, 1.82) is 0 Å². The minimum absolute atomic E-state index is 0.0111. The second-order valence-electron chi connectivity index (χ2n) is 6.26. The zero-order valence-electron chi connectivity index (χ0n) is 14.6. The van der Waals surface area contributed by atoms with E-state index in [2.05, 4.69) is 5.32 Å². The Hall–Kier alpha value is -1.79. The van der Waals surface area contributed by atoms with Gasteiger partial charge >= 0.3 is 6.09 Å². The molecular weight excluding hydrogens is 298 g/mol. The highest BCUT2D eigenvalue weighted by atomic mass is 16.6. The van der Waals surface area contributed by atoms with Gasteiger partial charge in [-0.3, -0.25) is 9.59 Å². The fourth-order valence-electron chi connectivity index (χ4n) is 2.60. The minimum Gasteiger partial charge on any atom is -0.450 e. The number of piperidine rings is 1. The Bertz CT molecular complexity index is 418. The van der Waals surface area contributed by atoms with Gasteiger partial charge in [-0.2, -0.15) is 0 Å². The average Bonchev–Trinajstić information content (AvgIpc) is 2.50. The molecule has 0 aromatic rings. The third kappa shape index (κ3) is 6.46. The number of amides is 3. The lowest BCUT2D eigenvalue weighted by atomic mass is 10.0. The van der Waals surface area contributed by atoms with Crippen molar-refractivity contribution in [2.24, 2.45) is 5.92 Å². The smallest absolute Gasteiger partial charge is 0.409 e. The molecule has 0 aliphatic carbocycles. The first-order valence-electron chi connectivity index (χ1n) is 8.30. The molecule has 3 amide bonds. The lowest BCUT2D eigenvalue weighted by Crippen LogP contribution is -2.51. The summed E-state index contributed by atoms with van der Waals surface area (Å²) in [7, 11) is 0. The molecule has 0 atom stereocenters. The van der Waals surface area contributed by atoms with Crippen LogP contribution >= 0.6 is 0 Å². The first-order valence-corrected chi connectivity index (χ1v) is 8.30. The summed E-state index contributed by atoms with van der Waals surface area (Å²) in [5, 5.41) is 2.83.